The second-order valence-electron chi connectivity index (χ2n) is 5.57. The van der Waals surface area contributed by atoms with Crippen LogP contribution in [0.5, 0.6) is 0 Å². The van der Waals surface area contributed by atoms with E-state index in [9.17, 15) is 4.39 Å². The van der Waals surface area contributed by atoms with E-state index in [0.717, 1.165) is 12.1 Å². The third-order valence-electron chi connectivity index (χ3n) is 2.64. The van der Waals surface area contributed by atoms with Gasteiger partial charge in [-0.15, -0.1) is 0 Å². The minimum absolute atomic E-state index is 0.0602. The minimum Gasteiger partial charge on any atom is -0.339 e. The third-order valence-corrected chi connectivity index (χ3v) is 3.25. The number of nitrogens with zero attached hydrogens (tertiary/aromatic N) is 2. The lowest BCUT2D eigenvalue weighted by Gasteiger charge is -2.19. The number of nitrogens with one attached hydrogen (secondary N) is 1. The van der Waals surface area contributed by atoms with Gasteiger partial charge in [0.15, 0.2) is 0 Å². The van der Waals surface area contributed by atoms with E-state index in [2.05, 4.69) is 52.2 Å². The number of hydrogen-bond donors (Lipinski definition) is 1. The molecule has 2 aromatic rings. The zero-order valence-corrected chi connectivity index (χ0v) is 13.3. The second kappa shape index (κ2) is 6.01. The van der Waals surface area contributed by atoms with E-state index in [1.807, 2.05) is 0 Å². The molecule has 2 rings (SSSR count). The van der Waals surface area contributed by atoms with Crippen molar-refractivity contribution in [2.24, 2.45) is 0 Å². The first-order valence-electron chi connectivity index (χ1n) is 6.38. The molecular formula is C14H17BrFN3O. The quantitative estimate of drug-likeness (QED) is 0.923. The molecule has 0 saturated heterocycles. The first-order valence-corrected chi connectivity index (χ1v) is 7.17. The van der Waals surface area contributed by atoms with Gasteiger partial charge in [-0.1, -0.05) is 5.16 Å². The van der Waals surface area contributed by atoms with Crippen LogP contribution in [0.1, 0.15) is 26.7 Å². The fourth-order valence-electron chi connectivity index (χ4n) is 1.65. The lowest BCUT2D eigenvalue weighted by Crippen LogP contribution is -2.37. The Morgan fingerprint density at radius 2 is 2.10 bits per heavy atom. The summed E-state index contributed by atoms with van der Waals surface area (Å²) in [5, 5.41) is 7.27. The smallest absolute Gasteiger partial charge is 0.228 e. The van der Waals surface area contributed by atoms with E-state index in [1.54, 1.807) is 12.1 Å². The summed E-state index contributed by atoms with van der Waals surface area (Å²) in [5.41, 5.74) is 0.780. The van der Waals surface area contributed by atoms with Crippen LogP contribution in [0.4, 0.5) is 4.39 Å². The van der Waals surface area contributed by atoms with Crippen molar-refractivity contribution < 1.29 is 8.91 Å². The fourth-order valence-corrected chi connectivity index (χ4v) is 2.03. The molecule has 0 amide bonds. The third kappa shape index (κ3) is 4.11. The summed E-state index contributed by atoms with van der Waals surface area (Å²) >= 11 is 3.14. The van der Waals surface area contributed by atoms with Crippen molar-refractivity contribution in [2.45, 2.75) is 32.7 Å². The molecular weight excluding hydrogens is 325 g/mol. The van der Waals surface area contributed by atoms with Gasteiger partial charge in [0.25, 0.3) is 0 Å². The van der Waals surface area contributed by atoms with Gasteiger partial charge < -0.3 is 9.84 Å². The van der Waals surface area contributed by atoms with Crippen LogP contribution in [-0.4, -0.2) is 22.2 Å². The van der Waals surface area contributed by atoms with Crippen molar-refractivity contribution in [1.82, 2.24) is 15.5 Å². The highest BCUT2D eigenvalue weighted by molar-refractivity contribution is 9.10. The molecule has 6 heteroatoms. The van der Waals surface area contributed by atoms with Crippen molar-refractivity contribution in [3.63, 3.8) is 0 Å². The molecule has 1 aromatic carbocycles. The number of rotatable bonds is 4. The Hall–Kier alpha value is -1.27. The molecule has 4 nitrogen and oxygen atoms in total. The van der Waals surface area contributed by atoms with Crippen LogP contribution in [0.25, 0.3) is 11.4 Å². The van der Waals surface area contributed by atoms with Gasteiger partial charge in [-0.2, -0.15) is 4.98 Å². The summed E-state index contributed by atoms with van der Waals surface area (Å²) in [7, 11) is 0. The normalized spacial score (nSPS) is 11.8. The number of benzene rings is 1. The molecule has 0 fully saturated rings. The van der Waals surface area contributed by atoms with Crippen molar-refractivity contribution in [3.8, 4) is 11.4 Å². The molecule has 0 aliphatic carbocycles. The van der Waals surface area contributed by atoms with E-state index in [1.165, 1.54) is 6.07 Å². The minimum atomic E-state index is -0.313. The SMILES string of the molecule is CC(C)(C)NCCc1nc(-c2ccc(F)c(Br)c2)no1. The van der Waals surface area contributed by atoms with E-state index in [0.29, 0.717) is 22.6 Å². The van der Waals surface area contributed by atoms with Gasteiger partial charge in [-0.25, -0.2) is 4.39 Å². The Labute approximate surface area is 125 Å². The predicted molar refractivity (Wildman–Crippen MR) is 78.9 cm³/mol. The average molecular weight is 342 g/mol. The summed E-state index contributed by atoms with van der Waals surface area (Å²) in [6.07, 6.45) is 0.659. The van der Waals surface area contributed by atoms with Gasteiger partial charge >= 0.3 is 0 Å². The number of hydrogen-bond acceptors (Lipinski definition) is 4. The van der Waals surface area contributed by atoms with E-state index >= 15 is 0 Å². The largest absolute Gasteiger partial charge is 0.339 e. The second-order valence-corrected chi connectivity index (χ2v) is 6.42. The molecule has 0 atom stereocenters. The lowest BCUT2D eigenvalue weighted by molar-refractivity contribution is 0.362. The zero-order chi connectivity index (χ0) is 14.8. The van der Waals surface area contributed by atoms with Gasteiger partial charge in [0, 0.05) is 24.1 Å². The molecule has 20 heavy (non-hydrogen) atoms. The molecule has 1 N–H and O–H groups in total. The standard InChI is InChI=1S/C14H17BrFN3O/c1-14(2,3)17-7-6-12-18-13(19-20-12)9-4-5-11(16)10(15)8-9/h4-5,8,17H,6-7H2,1-3H3. The summed E-state index contributed by atoms with van der Waals surface area (Å²) in [6, 6.07) is 4.64. The van der Waals surface area contributed by atoms with Gasteiger partial charge in [-0.3, -0.25) is 0 Å². The van der Waals surface area contributed by atoms with Crippen molar-refractivity contribution in [2.75, 3.05) is 6.54 Å². The molecule has 0 aliphatic heterocycles. The first kappa shape index (κ1) is 15.1. The van der Waals surface area contributed by atoms with Crippen molar-refractivity contribution >= 4 is 15.9 Å². The van der Waals surface area contributed by atoms with E-state index < -0.39 is 0 Å². The number of aromatic nitrogens is 2. The monoisotopic (exact) mass is 341 g/mol. The maximum Gasteiger partial charge on any atom is 0.228 e. The molecule has 0 saturated carbocycles. The average Bonchev–Trinajstić information content (AvgIpc) is 2.80. The topological polar surface area (TPSA) is 51.0 Å². The molecule has 0 radical (unpaired) electrons. The molecule has 0 unspecified atom stereocenters. The van der Waals surface area contributed by atoms with Crippen LogP contribution < -0.4 is 5.32 Å². The summed E-state index contributed by atoms with van der Waals surface area (Å²) in [4.78, 5) is 4.31. The molecule has 0 bridgehead atoms. The Balaban J connectivity index is 2.03. The van der Waals surface area contributed by atoms with Crippen LogP contribution in [0.3, 0.4) is 0 Å². The summed E-state index contributed by atoms with van der Waals surface area (Å²) < 4.78 is 18.8. The Bertz CT molecular complexity index is 592. The van der Waals surface area contributed by atoms with Crippen LogP contribution in [0, 0.1) is 5.82 Å². The van der Waals surface area contributed by atoms with Gasteiger partial charge in [-0.05, 0) is 54.9 Å². The molecule has 1 heterocycles. The molecule has 108 valence electrons. The van der Waals surface area contributed by atoms with Crippen LogP contribution in [0.15, 0.2) is 27.2 Å². The number of halogens is 2. The zero-order valence-electron chi connectivity index (χ0n) is 11.7. The van der Waals surface area contributed by atoms with Crippen LogP contribution >= 0.6 is 15.9 Å². The van der Waals surface area contributed by atoms with Crippen molar-refractivity contribution in [1.29, 1.82) is 0 Å². The highest BCUT2D eigenvalue weighted by Crippen LogP contribution is 2.23. The highest BCUT2D eigenvalue weighted by atomic mass is 79.9. The summed E-state index contributed by atoms with van der Waals surface area (Å²) in [5.74, 6) is 0.723. The molecule has 1 aromatic heterocycles. The van der Waals surface area contributed by atoms with E-state index in [-0.39, 0.29) is 11.4 Å². The maximum atomic E-state index is 13.2. The van der Waals surface area contributed by atoms with E-state index in [4.69, 9.17) is 4.52 Å². The lowest BCUT2D eigenvalue weighted by atomic mass is 10.1. The van der Waals surface area contributed by atoms with Gasteiger partial charge in [0.2, 0.25) is 11.7 Å². The van der Waals surface area contributed by atoms with Gasteiger partial charge in [0.1, 0.15) is 5.82 Å². The summed E-state index contributed by atoms with van der Waals surface area (Å²) in [6.45, 7) is 7.06. The van der Waals surface area contributed by atoms with Crippen LogP contribution in [0.2, 0.25) is 0 Å². The first-order chi connectivity index (χ1) is 9.35. The maximum absolute atomic E-state index is 13.2. The van der Waals surface area contributed by atoms with Crippen molar-refractivity contribution in [3.05, 3.63) is 34.4 Å². The Kier molecular flexibility index (Phi) is 4.55. The Morgan fingerprint density at radius 3 is 2.75 bits per heavy atom. The highest BCUT2D eigenvalue weighted by Gasteiger charge is 2.12. The van der Waals surface area contributed by atoms with Gasteiger partial charge in [0.05, 0.1) is 4.47 Å². The fraction of sp³-hybridized carbons (Fsp3) is 0.429. The molecule has 0 spiro atoms. The van der Waals surface area contributed by atoms with Crippen LogP contribution in [-0.2, 0) is 6.42 Å². The predicted octanol–water partition coefficient (Wildman–Crippen LogP) is 3.57. The Morgan fingerprint density at radius 1 is 1.35 bits per heavy atom. The molecule has 0 aliphatic rings.